The monoisotopic (exact) mass is 324 g/mol. The maximum atomic E-state index is 11.8. The van der Waals surface area contributed by atoms with Crippen LogP contribution in [0.1, 0.15) is 12.6 Å². The molecule has 0 aliphatic carbocycles. The predicted octanol–water partition coefficient (Wildman–Crippen LogP) is -2.54. The topological polar surface area (TPSA) is 168 Å². The number of nitrogens with zero attached hydrogens (tertiary/aromatic N) is 3. The van der Waals surface area contributed by atoms with Gasteiger partial charge in [-0.1, -0.05) is 0 Å². The molecule has 11 heteroatoms. The van der Waals surface area contributed by atoms with Crippen molar-refractivity contribution in [2.24, 2.45) is 0 Å². The number of nitrogens with one attached hydrogen (secondary N) is 2. The van der Waals surface area contributed by atoms with Gasteiger partial charge in [-0.3, -0.25) is 19.1 Å². The summed E-state index contributed by atoms with van der Waals surface area (Å²) in [5.74, 6) is -0.449. The molecule has 1 amide bonds. The smallest absolute Gasteiger partial charge is 0.280 e. The van der Waals surface area contributed by atoms with Crippen LogP contribution in [0.2, 0.25) is 0 Å². The predicted molar refractivity (Wildman–Crippen MR) is 77.2 cm³/mol. The van der Waals surface area contributed by atoms with E-state index in [-0.39, 0.29) is 29.4 Å². The Morgan fingerprint density at radius 3 is 2.96 bits per heavy atom. The molecule has 2 aromatic heterocycles. The molecule has 1 aliphatic rings. The van der Waals surface area contributed by atoms with E-state index < -0.39 is 30.1 Å². The number of aromatic nitrogens is 4. The van der Waals surface area contributed by atoms with Crippen molar-refractivity contribution in [2.45, 2.75) is 31.0 Å². The van der Waals surface area contributed by atoms with Crippen LogP contribution in [0.4, 0.5) is 5.95 Å². The number of carbonyl (C=O) groups is 1. The van der Waals surface area contributed by atoms with E-state index in [1.54, 1.807) is 0 Å². The Morgan fingerprint density at radius 2 is 2.26 bits per heavy atom. The van der Waals surface area contributed by atoms with Crippen LogP contribution in [0.25, 0.3) is 11.2 Å². The van der Waals surface area contributed by atoms with E-state index in [4.69, 9.17) is 10.5 Å². The van der Waals surface area contributed by atoms with Gasteiger partial charge in [0.1, 0.15) is 12.2 Å². The molecule has 0 radical (unpaired) electrons. The number of carbonyl (C=O) groups excluding carboxylic acids is 1. The summed E-state index contributed by atoms with van der Waals surface area (Å²) in [4.78, 5) is 33.4. The van der Waals surface area contributed by atoms with Crippen molar-refractivity contribution in [2.75, 3.05) is 12.8 Å². The van der Waals surface area contributed by atoms with Crippen LogP contribution in [0.5, 0.6) is 0 Å². The summed E-state index contributed by atoms with van der Waals surface area (Å²) in [5.41, 5.74) is 5.13. The lowest BCUT2D eigenvalue weighted by molar-refractivity contribution is -0.125. The van der Waals surface area contributed by atoms with Crippen molar-refractivity contribution >= 4 is 23.0 Å². The molecule has 1 fully saturated rings. The van der Waals surface area contributed by atoms with Gasteiger partial charge >= 0.3 is 0 Å². The highest BCUT2D eigenvalue weighted by Crippen LogP contribution is 2.32. The number of ether oxygens (including phenoxy) is 1. The first-order valence-electron chi connectivity index (χ1n) is 6.87. The number of aliphatic hydroxyl groups excluding tert-OH is 2. The summed E-state index contributed by atoms with van der Waals surface area (Å²) in [6.45, 7) is 0. The molecule has 3 rings (SSSR count). The quantitative estimate of drug-likeness (QED) is 0.411. The van der Waals surface area contributed by atoms with Crippen LogP contribution in [0.15, 0.2) is 11.1 Å². The fourth-order valence-corrected chi connectivity index (χ4v) is 2.54. The number of anilines is 1. The molecule has 0 aromatic carbocycles. The van der Waals surface area contributed by atoms with Crippen LogP contribution in [-0.2, 0) is 9.53 Å². The zero-order valence-electron chi connectivity index (χ0n) is 12.1. The molecular formula is C12H16N6O5. The third-order valence-corrected chi connectivity index (χ3v) is 3.73. The number of hydrogen-bond donors (Lipinski definition) is 5. The van der Waals surface area contributed by atoms with Crippen LogP contribution >= 0.6 is 0 Å². The van der Waals surface area contributed by atoms with Crippen LogP contribution in [-0.4, -0.2) is 61.0 Å². The molecular weight excluding hydrogens is 308 g/mol. The van der Waals surface area contributed by atoms with E-state index in [1.807, 2.05) is 0 Å². The van der Waals surface area contributed by atoms with Gasteiger partial charge in [0.05, 0.1) is 18.9 Å². The summed E-state index contributed by atoms with van der Waals surface area (Å²) in [6.07, 6.45) is -3.38. The minimum absolute atomic E-state index is 0.0271. The summed E-state index contributed by atoms with van der Waals surface area (Å²) in [6, 6.07) is 0. The average molecular weight is 324 g/mol. The zero-order chi connectivity index (χ0) is 16.7. The highest BCUT2D eigenvalue weighted by atomic mass is 16.6. The summed E-state index contributed by atoms with van der Waals surface area (Å²) in [5, 5.41) is 22.6. The normalized spacial score (nSPS) is 27.4. The number of aliphatic hydroxyl groups is 2. The Morgan fingerprint density at radius 1 is 1.52 bits per heavy atom. The summed E-state index contributed by atoms with van der Waals surface area (Å²) >= 11 is 0. The highest BCUT2D eigenvalue weighted by Gasteiger charge is 2.45. The van der Waals surface area contributed by atoms with Gasteiger partial charge in [0, 0.05) is 7.05 Å². The number of fused-ring (bicyclic) bond motifs is 1. The van der Waals surface area contributed by atoms with Crippen molar-refractivity contribution in [3.05, 3.63) is 16.7 Å². The second kappa shape index (κ2) is 5.61. The first-order chi connectivity index (χ1) is 10.9. The largest absolute Gasteiger partial charge is 0.388 e. The van der Waals surface area contributed by atoms with Crippen LogP contribution < -0.4 is 16.6 Å². The van der Waals surface area contributed by atoms with E-state index in [0.29, 0.717) is 0 Å². The lowest BCUT2D eigenvalue weighted by atomic mass is 10.1. The molecule has 4 atom stereocenters. The Balaban J connectivity index is 1.96. The maximum absolute atomic E-state index is 11.8. The van der Waals surface area contributed by atoms with Gasteiger partial charge in [0.2, 0.25) is 11.9 Å². The van der Waals surface area contributed by atoms with Crippen molar-refractivity contribution in [1.82, 2.24) is 24.8 Å². The van der Waals surface area contributed by atoms with Gasteiger partial charge in [-0.15, -0.1) is 0 Å². The molecule has 11 nitrogen and oxygen atoms in total. The Labute approximate surface area is 129 Å². The number of aromatic amines is 1. The Kier molecular flexibility index (Phi) is 3.75. The molecule has 6 N–H and O–H groups in total. The number of H-pyrrole nitrogens is 1. The van der Waals surface area contributed by atoms with Gasteiger partial charge in [-0.2, -0.15) is 4.98 Å². The molecule has 0 spiro atoms. The molecule has 3 heterocycles. The lowest BCUT2D eigenvalue weighted by Crippen LogP contribution is -2.34. The summed E-state index contributed by atoms with van der Waals surface area (Å²) < 4.78 is 6.86. The van der Waals surface area contributed by atoms with E-state index in [2.05, 4.69) is 20.3 Å². The number of hydrogen-bond acceptors (Lipinski definition) is 8. The number of imidazole rings is 1. The minimum Gasteiger partial charge on any atom is -0.388 e. The second-order valence-electron chi connectivity index (χ2n) is 5.20. The number of nitrogen functional groups attached to an aromatic ring is 1. The molecule has 1 saturated heterocycles. The van der Waals surface area contributed by atoms with Gasteiger partial charge in [-0.25, -0.2) is 4.98 Å². The number of nitrogens with two attached hydrogens (primary N) is 1. The van der Waals surface area contributed by atoms with Gasteiger partial charge in [0.25, 0.3) is 5.56 Å². The van der Waals surface area contributed by atoms with E-state index in [9.17, 15) is 19.8 Å². The Bertz CT molecular complexity index is 801. The third kappa shape index (κ3) is 2.54. The Hall–Kier alpha value is -2.50. The first kappa shape index (κ1) is 15.4. The first-order valence-corrected chi connectivity index (χ1v) is 6.87. The minimum atomic E-state index is -1.32. The third-order valence-electron chi connectivity index (χ3n) is 3.73. The molecule has 0 unspecified atom stereocenters. The fourth-order valence-electron chi connectivity index (χ4n) is 2.54. The maximum Gasteiger partial charge on any atom is 0.280 e. The molecule has 124 valence electrons. The van der Waals surface area contributed by atoms with Crippen LogP contribution in [0, 0.1) is 0 Å². The molecule has 0 saturated carbocycles. The molecule has 2 aromatic rings. The van der Waals surface area contributed by atoms with Crippen molar-refractivity contribution < 1.29 is 19.7 Å². The van der Waals surface area contributed by atoms with Gasteiger partial charge < -0.3 is 26.0 Å². The summed E-state index contributed by atoms with van der Waals surface area (Å²) in [7, 11) is 1.46. The van der Waals surface area contributed by atoms with Gasteiger partial charge in [-0.05, 0) is 0 Å². The zero-order valence-corrected chi connectivity index (χ0v) is 12.1. The van der Waals surface area contributed by atoms with Crippen molar-refractivity contribution in [3.63, 3.8) is 0 Å². The molecule has 0 bridgehead atoms. The highest BCUT2D eigenvalue weighted by molar-refractivity contribution is 5.76. The fraction of sp³-hybridized carbons (Fsp3) is 0.500. The van der Waals surface area contributed by atoms with Crippen molar-refractivity contribution in [3.8, 4) is 0 Å². The number of amides is 1. The SMILES string of the molecule is CNC(=O)C[C@H]1O[C@@H](n2cnc3c(=O)[nH]c(N)nc32)[C@H](O)[C@@H]1O. The van der Waals surface area contributed by atoms with E-state index >= 15 is 0 Å². The van der Waals surface area contributed by atoms with Crippen LogP contribution in [0.3, 0.4) is 0 Å². The molecule has 23 heavy (non-hydrogen) atoms. The lowest BCUT2D eigenvalue weighted by Gasteiger charge is -2.16. The average Bonchev–Trinajstić information content (AvgIpc) is 3.03. The van der Waals surface area contributed by atoms with Gasteiger partial charge in [0.15, 0.2) is 17.4 Å². The second-order valence-corrected chi connectivity index (χ2v) is 5.20. The van der Waals surface area contributed by atoms with E-state index in [1.165, 1.54) is 17.9 Å². The number of rotatable bonds is 3. The van der Waals surface area contributed by atoms with E-state index in [0.717, 1.165) is 0 Å². The van der Waals surface area contributed by atoms with Crippen molar-refractivity contribution in [1.29, 1.82) is 0 Å². The molecule has 1 aliphatic heterocycles. The standard InChI is InChI=1S/C12H16N6O5/c1-14-5(19)2-4-7(20)8(21)11(23-4)18-3-15-6-9(18)16-12(13)17-10(6)22/h3-4,7-8,11,20-21H,2H2,1H3,(H,14,19)(H3,13,16,17,22)/t4-,7-,8-,11-/m1/s1.